The first-order valence-corrected chi connectivity index (χ1v) is 14.0. The van der Waals surface area contributed by atoms with Crippen molar-refractivity contribution in [1.82, 2.24) is 14.7 Å². The molecule has 0 bridgehead atoms. The number of amides is 1. The Kier molecular flexibility index (Phi) is 7.11. The fourth-order valence-electron chi connectivity index (χ4n) is 5.28. The topological polar surface area (TPSA) is 128 Å². The minimum absolute atomic E-state index is 0.0476. The first-order valence-electron chi connectivity index (χ1n) is 12.6. The molecule has 0 spiro atoms. The van der Waals surface area contributed by atoms with E-state index in [2.05, 4.69) is 62.2 Å². The van der Waals surface area contributed by atoms with Crippen molar-refractivity contribution in [3.63, 3.8) is 0 Å². The minimum atomic E-state index is -4.26. The number of carbonyl (C=O) groups is 1. The van der Waals surface area contributed by atoms with Gasteiger partial charge in [0.15, 0.2) is 5.03 Å². The first-order chi connectivity index (χ1) is 17.2. The molecule has 0 radical (unpaired) electrons. The normalized spacial score (nSPS) is 21.7. The summed E-state index contributed by atoms with van der Waals surface area (Å²) in [6.07, 6.45) is 4.94. The molecule has 1 fully saturated rings. The zero-order chi connectivity index (χ0) is 27.2. The maximum Gasteiger partial charge on any atom is 0.281 e. The monoisotopic (exact) mass is 527 g/mol. The summed E-state index contributed by atoms with van der Waals surface area (Å²) in [5, 5.41) is -0.319. The number of pyridine rings is 2. The SMILES string of the molecule is CC1CN(c2nc(C(C)(C)C)c(C3C=CCOC3)cc2C(=O)NS(=O)(=O)c2cccc(N)n2)C(C)(C)C1. The molecule has 4 rings (SSSR count). The molecule has 1 amide bonds. The molecule has 2 atom stereocenters. The number of nitrogen functional groups attached to an aromatic ring is 1. The summed E-state index contributed by atoms with van der Waals surface area (Å²) in [6, 6.07) is 6.06. The van der Waals surface area contributed by atoms with Crippen LogP contribution in [0.2, 0.25) is 0 Å². The van der Waals surface area contributed by atoms with Gasteiger partial charge in [-0.2, -0.15) is 8.42 Å². The Hall–Kier alpha value is -2.98. The number of anilines is 2. The highest BCUT2D eigenvalue weighted by Crippen LogP contribution is 2.41. The van der Waals surface area contributed by atoms with Crippen molar-refractivity contribution in [3.8, 4) is 0 Å². The minimum Gasteiger partial charge on any atom is -0.384 e. The molecule has 2 unspecified atom stereocenters. The Morgan fingerprint density at radius 1 is 1.24 bits per heavy atom. The number of nitrogens with zero attached hydrogens (tertiary/aromatic N) is 3. The average Bonchev–Trinajstić information content (AvgIpc) is 3.09. The summed E-state index contributed by atoms with van der Waals surface area (Å²) in [5.41, 5.74) is 7.01. The molecule has 9 nitrogen and oxygen atoms in total. The fraction of sp³-hybridized carbons (Fsp3) is 0.519. The lowest BCUT2D eigenvalue weighted by molar-refractivity contribution is 0.0980. The van der Waals surface area contributed by atoms with Crippen LogP contribution in [0.3, 0.4) is 0 Å². The Balaban J connectivity index is 1.88. The number of nitrogens with two attached hydrogens (primary N) is 1. The molecule has 2 aromatic rings. The van der Waals surface area contributed by atoms with E-state index in [4.69, 9.17) is 15.5 Å². The Morgan fingerprint density at radius 2 is 1.97 bits per heavy atom. The number of rotatable bonds is 5. The van der Waals surface area contributed by atoms with Crippen molar-refractivity contribution >= 4 is 27.6 Å². The summed E-state index contributed by atoms with van der Waals surface area (Å²) in [5.74, 6) is 0.0574. The third-order valence-electron chi connectivity index (χ3n) is 6.84. The van der Waals surface area contributed by atoms with Gasteiger partial charge in [0, 0.05) is 23.4 Å². The van der Waals surface area contributed by atoms with Crippen LogP contribution in [0.1, 0.15) is 75.5 Å². The summed E-state index contributed by atoms with van der Waals surface area (Å²) >= 11 is 0. The molecule has 1 saturated heterocycles. The Morgan fingerprint density at radius 3 is 2.54 bits per heavy atom. The van der Waals surface area contributed by atoms with Crippen LogP contribution in [-0.4, -0.2) is 49.6 Å². The van der Waals surface area contributed by atoms with E-state index in [1.807, 2.05) is 6.08 Å². The number of sulfonamides is 1. The molecule has 0 aromatic carbocycles. The fourth-order valence-corrected chi connectivity index (χ4v) is 6.22. The summed E-state index contributed by atoms with van der Waals surface area (Å²) in [6.45, 7) is 14.4. The van der Waals surface area contributed by atoms with Gasteiger partial charge in [-0.1, -0.05) is 45.9 Å². The maximum atomic E-state index is 13.7. The quantitative estimate of drug-likeness (QED) is 0.563. The zero-order valence-corrected chi connectivity index (χ0v) is 23.2. The number of hydrogen-bond acceptors (Lipinski definition) is 8. The lowest BCUT2D eigenvalue weighted by Crippen LogP contribution is -2.41. The van der Waals surface area contributed by atoms with E-state index >= 15 is 0 Å². The Bertz CT molecular complexity index is 1330. The molecule has 200 valence electrons. The number of aromatic nitrogens is 2. The number of ether oxygens (including phenoxy) is 1. The van der Waals surface area contributed by atoms with E-state index in [1.54, 1.807) is 6.07 Å². The van der Waals surface area contributed by atoms with Crippen molar-refractivity contribution in [2.75, 3.05) is 30.4 Å². The first kappa shape index (κ1) is 27.1. The molecule has 2 aromatic heterocycles. The molecular formula is C27H37N5O4S. The molecule has 0 aliphatic carbocycles. The molecule has 4 heterocycles. The van der Waals surface area contributed by atoms with Gasteiger partial charge in [0.2, 0.25) is 0 Å². The van der Waals surface area contributed by atoms with Crippen molar-refractivity contribution in [2.24, 2.45) is 5.92 Å². The summed E-state index contributed by atoms with van der Waals surface area (Å²) in [7, 11) is -4.26. The van der Waals surface area contributed by atoms with Crippen LogP contribution in [0.25, 0.3) is 0 Å². The van der Waals surface area contributed by atoms with Gasteiger partial charge in [-0.05, 0) is 49.9 Å². The van der Waals surface area contributed by atoms with Crippen LogP contribution in [0.15, 0.2) is 41.4 Å². The van der Waals surface area contributed by atoms with E-state index < -0.39 is 15.9 Å². The molecule has 3 N–H and O–H groups in total. The van der Waals surface area contributed by atoms with Crippen LogP contribution >= 0.6 is 0 Å². The van der Waals surface area contributed by atoms with Crippen molar-refractivity contribution in [1.29, 1.82) is 0 Å². The van der Waals surface area contributed by atoms with Crippen molar-refractivity contribution in [3.05, 3.63) is 53.2 Å². The van der Waals surface area contributed by atoms with E-state index in [9.17, 15) is 13.2 Å². The van der Waals surface area contributed by atoms with Crippen LogP contribution < -0.4 is 15.4 Å². The van der Waals surface area contributed by atoms with Gasteiger partial charge >= 0.3 is 0 Å². The number of nitrogens with one attached hydrogen (secondary N) is 1. The second-order valence-electron chi connectivity index (χ2n) is 11.7. The van der Waals surface area contributed by atoms with Gasteiger partial charge < -0.3 is 15.4 Å². The third kappa shape index (κ3) is 5.65. The van der Waals surface area contributed by atoms with Crippen LogP contribution in [-0.2, 0) is 20.2 Å². The predicted molar refractivity (Wildman–Crippen MR) is 144 cm³/mol. The van der Waals surface area contributed by atoms with Gasteiger partial charge in [0.25, 0.3) is 15.9 Å². The summed E-state index contributed by atoms with van der Waals surface area (Å²) < 4.78 is 34.1. The number of hydrogen-bond donors (Lipinski definition) is 2. The lowest BCUT2D eigenvalue weighted by atomic mass is 9.82. The smallest absolute Gasteiger partial charge is 0.281 e. The molecule has 10 heteroatoms. The van der Waals surface area contributed by atoms with Gasteiger partial charge in [0.05, 0.1) is 24.5 Å². The largest absolute Gasteiger partial charge is 0.384 e. The van der Waals surface area contributed by atoms with Gasteiger partial charge in [0.1, 0.15) is 11.6 Å². The zero-order valence-electron chi connectivity index (χ0n) is 22.4. The second kappa shape index (κ2) is 9.72. The van der Waals surface area contributed by atoms with E-state index in [-0.39, 0.29) is 33.3 Å². The lowest BCUT2D eigenvalue weighted by Gasteiger charge is -2.36. The molecule has 2 aliphatic rings. The Labute approximate surface area is 219 Å². The second-order valence-corrected chi connectivity index (χ2v) is 13.3. The van der Waals surface area contributed by atoms with Gasteiger partial charge in [-0.15, -0.1) is 0 Å². The van der Waals surface area contributed by atoms with Gasteiger partial charge in [-0.3, -0.25) is 4.79 Å². The van der Waals surface area contributed by atoms with Crippen LogP contribution in [0.4, 0.5) is 11.6 Å². The summed E-state index contributed by atoms with van der Waals surface area (Å²) in [4.78, 5) is 24.8. The standard InChI is InChI=1S/C27H37N5O4S/c1-17-14-27(5,6)32(15-17)24-20(25(33)31-37(34,35)22-11-7-10-21(28)29-22)13-19(18-9-8-12-36-16-18)23(30-24)26(2,3)4/h7-11,13,17-18H,12,14-16H2,1-6H3,(H2,28,29)(H,31,33). The highest BCUT2D eigenvalue weighted by atomic mass is 32.2. The van der Waals surface area contributed by atoms with Crippen LogP contribution in [0, 0.1) is 5.92 Å². The van der Waals surface area contributed by atoms with Gasteiger partial charge in [-0.25, -0.2) is 14.7 Å². The number of carbonyl (C=O) groups excluding carboxylic acids is 1. The average molecular weight is 528 g/mol. The van der Waals surface area contributed by atoms with Crippen LogP contribution in [0.5, 0.6) is 0 Å². The highest BCUT2D eigenvalue weighted by Gasteiger charge is 2.40. The van der Waals surface area contributed by atoms with E-state index in [1.165, 1.54) is 18.2 Å². The van der Waals surface area contributed by atoms with Crippen molar-refractivity contribution in [2.45, 2.75) is 69.9 Å². The molecule has 0 saturated carbocycles. The third-order valence-corrected chi connectivity index (χ3v) is 8.07. The van der Waals surface area contributed by atoms with E-state index in [0.29, 0.717) is 31.5 Å². The molecule has 2 aliphatic heterocycles. The molecule has 37 heavy (non-hydrogen) atoms. The predicted octanol–water partition coefficient (Wildman–Crippen LogP) is 3.77. The van der Waals surface area contributed by atoms with E-state index in [0.717, 1.165) is 17.7 Å². The highest BCUT2D eigenvalue weighted by molar-refractivity contribution is 7.90. The maximum absolute atomic E-state index is 13.7. The van der Waals surface area contributed by atoms with Crippen molar-refractivity contribution < 1.29 is 17.9 Å². The molecular weight excluding hydrogens is 490 g/mol.